The second kappa shape index (κ2) is 3.19. The maximum atomic E-state index is 10.2. The van der Waals surface area contributed by atoms with Gasteiger partial charge in [-0.3, -0.25) is 4.79 Å². The van der Waals surface area contributed by atoms with Gasteiger partial charge in [0.2, 0.25) is 0 Å². The molecule has 4 heteroatoms. The van der Waals surface area contributed by atoms with Crippen LogP contribution in [0.4, 0.5) is 0 Å². The minimum atomic E-state index is -0.532. The SMILES string of the molecule is NC(=O)c1ccco1.S. The predicted molar refractivity (Wildman–Crippen MR) is 37.6 cm³/mol. The molecule has 0 radical (unpaired) electrons. The molecular weight excluding hydrogens is 138 g/mol. The molecule has 9 heavy (non-hydrogen) atoms. The van der Waals surface area contributed by atoms with Gasteiger partial charge in [-0.25, -0.2) is 0 Å². The second-order valence-electron chi connectivity index (χ2n) is 1.34. The normalized spacial score (nSPS) is 8.00. The van der Waals surface area contributed by atoms with E-state index in [1.165, 1.54) is 12.3 Å². The summed E-state index contributed by atoms with van der Waals surface area (Å²) >= 11 is 0. The van der Waals surface area contributed by atoms with Crippen molar-refractivity contribution in [2.24, 2.45) is 5.73 Å². The molecule has 50 valence electrons. The fraction of sp³-hybridized carbons (Fsp3) is 0. The van der Waals surface area contributed by atoms with E-state index in [1.54, 1.807) is 6.07 Å². The Bertz CT molecular complexity index is 183. The molecule has 0 aromatic carbocycles. The lowest BCUT2D eigenvalue weighted by atomic mass is 10.4. The van der Waals surface area contributed by atoms with Crippen LogP contribution in [0, 0.1) is 0 Å². The van der Waals surface area contributed by atoms with Crippen LogP contribution < -0.4 is 5.73 Å². The smallest absolute Gasteiger partial charge is 0.284 e. The average molecular weight is 145 g/mol. The van der Waals surface area contributed by atoms with Gasteiger partial charge in [-0.15, -0.1) is 0 Å². The van der Waals surface area contributed by atoms with E-state index in [1.807, 2.05) is 0 Å². The van der Waals surface area contributed by atoms with Gasteiger partial charge >= 0.3 is 0 Å². The largest absolute Gasteiger partial charge is 0.459 e. The summed E-state index contributed by atoms with van der Waals surface area (Å²) in [7, 11) is 0. The third-order valence-electron chi connectivity index (χ3n) is 0.764. The van der Waals surface area contributed by atoms with Crippen LogP contribution in [0.15, 0.2) is 22.8 Å². The first-order valence-electron chi connectivity index (χ1n) is 2.14. The lowest BCUT2D eigenvalue weighted by Crippen LogP contribution is -2.08. The first kappa shape index (κ1) is 8.10. The highest BCUT2D eigenvalue weighted by atomic mass is 32.1. The van der Waals surface area contributed by atoms with E-state index >= 15 is 0 Å². The van der Waals surface area contributed by atoms with Crippen molar-refractivity contribution in [2.75, 3.05) is 0 Å². The third kappa shape index (κ3) is 1.81. The second-order valence-corrected chi connectivity index (χ2v) is 1.34. The summed E-state index contributed by atoms with van der Waals surface area (Å²) in [4.78, 5) is 10.2. The Morgan fingerprint density at radius 3 is 2.56 bits per heavy atom. The molecule has 1 amide bonds. The Morgan fingerprint density at radius 2 is 2.33 bits per heavy atom. The maximum absolute atomic E-state index is 10.2. The van der Waals surface area contributed by atoms with Gasteiger partial charge in [0.25, 0.3) is 5.91 Å². The monoisotopic (exact) mass is 145 g/mol. The number of rotatable bonds is 1. The van der Waals surface area contributed by atoms with Gasteiger partial charge in [0.05, 0.1) is 6.26 Å². The number of nitrogens with two attached hydrogens (primary N) is 1. The lowest BCUT2D eigenvalue weighted by molar-refractivity contribution is 0.0974. The molecule has 0 aliphatic rings. The van der Waals surface area contributed by atoms with Crippen molar-refractivity contribution >= 4 is 19.4 Å². The van der Waals surface area contributed by atoms with Crippen molar-refractivity contribution in [2.45, 2.75) is 0 Å². The molecule has 1 aromatic rings. The highest BCUT2D eigenvalue weighted by molar-refractivity contribution is 7.59. The van der Waals surface area contributed by atoms with Gasteiger partial charge in [0, 0.05) is 0 Å². The molecule has 1 aromatic heterocycles. The molecule has 0 aliphatic heterocycles. The Labute approximate surface area is 59.3 Å². The first-order chi connectivity index (χ1) is 3.80. The highest BCUT2D eigenvalue weighted by Crippen LogP contribution is 1.96. The van der Waals surface area contributed by atoms with Gasteiger partial charge in [-0.1, -0.05) is 0 Å². The Kier molecular flexibility index (Phi) is 2.87. The molecule has 0 aliphatic carbocycles. The van der Waals surface area contributed by atoms with Gasteiger partial charge in [0.1, 0.15) is 0 Å². The molecule has 0 spiro atoms. The number of carbonyl (C=O) groups excluding carboxylic acids is 1. The summed E-state index contributed by atoms with van der Waals surface area (Å²) < 4.78 is 4.62. The van der Waals surface area contributed by atoms with Crippen LogP contribution in [0.3, 0.4) is 0 Å². The average Bonchev–Trinajstić information content (AvgIpc) is 2.12. The van der Waals surface area contributed by atoms with Crippen LogP contribution in [0.5, 0.6) is 0 Å². The zero-order chi connectivity index (χ0) is 5.98. The highest BCUT2D eigenvalue weighted by Gasteiger charge is 1.98. The quantitative estimate of drug-likeness (QED) is 0.625. The van der Waals surface area contributed by atoms with E-state index in [2.05, 4.69) is 4.42 Å². The van der Waals surface area contributed by atoms with Crippen molar-refractivity contribution in [1.82, 2.24) is 0 Å². The van der Waals surface area contributed by atoms with E-state index in [0.717, 1.165) is 0 Å². The van der Waals surface area contributed by atoms with Crippen molar-refractivity contribution in [3.8, 4) is 0 Å². The van der Waals surface area contributed by atoms with Crippen LogP contribution in [-0.2, 0) is 0 Å². The van der Waals surface area contributed by atoms with E-state index in [-0.39, 0.29) is 19.3 Å². The zero-order valence-corrected chi connectivity index (χ0v) is 5.63. The van der Waals surface area contributed by atoms with Crippen molar-refractivity contribution in [3.63, 3.8) is 0 Å². The molecule has 0 saturated carbocycles. The molecule has 0 saturated heterocycles. The van der Waals surface area contributed by atoms with Crippen LogP contribution in [0.2, 0.25) is 0 Å². The zero-order valence-electron chi connectivity index (χ0n) is 4.63. The number of hydrogen-bond acceptors (Lipinski definition) is 2. The minimum Gasteiger partial charge on any atom is -0.459 e. The standard InChI is InChI=1S/C5H5NO2.H2S/c6-5(7)4-2-1-3-8-4;/h1-3H,(H2,6,7);1H2. The number of carbonyl (C=O) groups is 1. The van der Waals surface area contributed by atoms with E-state index in [9.17, 15) is 4.79 Å². The van der Waals surface area contributed by atoms with Crippen molar-refractivity contribution in [1.29, 1.82) is 0 Å². The number of primary amides is 1. The van der Waals surface area contributed by atoms with Crippen molar-refractivity contribution in [3.05, 3.63) is 24.2 Å². The van der Waals surface area contributed by atoms with Crippen molar-refractivity contribution < 1.29 is 9.21 Å². The van der Waals surface area contributed by atoms with Crippen LogP contribution in [-0.4, -0.2) is 5.91 Å². The fourth-order valence-electron chi connectivity index (χ4n) is 0.419. The summed E-state index contributed by atoms with van der Waals surface area (Å²) in [6, 6.07) is 3.13. The van der Waals surface area contributed by atoms with Gasteiger partial charge < -0.3 is 10.2 Å². The summed E-state index contributed by atoms with van der Waals surface area (Å²) in [6.07, 6.45) is 1.40. The van der Waals surface area contributed by atoms with Gasteiger partial charge in [-0.05, 0) is 12.1 Å². The third-order valence-corrected chi connectivity index (χ3v) is 0.764. The summed E-state index contributed by atoms with van der Waals surface area (Å²) in [5.74, 6) is -0.333. The Morgan fingerprint density at radius 1 is 1.67 bits per heavy atom. The van der Waals surface area contributed by atoms with Crippen LogP contribution in [0.1, 0.15) is 10.6 Å². The summed E-state index contributed by atoms with van der Waals surface area (Å²) in [5, 5.41) is 0. The van der Waals surface area contributed by atoms with Crippen LogP contribution in [0.25, 0.3) is 0 Å². The fourth-order valence-corrected chi connectivity index (χ4v) is 0.419. The maximum Gasteiger partial charge on any atom is 0.284 e. The first-order valence-corrected chi connectivity index (χ1v) is 2.14. The Hall–Kier alpha value is -0.900. The molecule has 0 atom stereocenters. The molecule has 0 unspecified atom stereocenters. The van der Waals surface area contributed by atoms with E-state index in [4.69, 9.17) is 5.73 Å². The lowest BCUT2D eigenvalue weighted by Gasteiger charge is -1.80. The molecule has 2 N–H and O–H groups in total. The molecule has 3 nitrogen and oxygen atoms in total. The van der Waals surface area contributed by atoms with Crippen LogP contribution >= 0.6 is 13.5 Å². The molecule has 0 fully saturated rings. The summed E-state index contributed by atoms with van der Waals surface area (Å²) in [6.45, 7) is 0. The number of furan rings is 1. The summed E-state index contributed by atoms with van der Waals surface area (Å²) in [5.41, 5.74) is 4.83. The van der Waals surface area contributed by atoms with Gasteiger partial charge in [-0.2, -0.15) is 13.5 Å². The van der Waals surface area contributed by atoms with E-state index < -0.39 is 5.91 Å². The molecule has 1 rings (SSSR count). The topological polar surface area (TPSA) is 56.2 Å². The Balaban J connectivity index is 0.000000640. The molecule has 0 bridgehead atoms. The number of amides is 1. The van der Waals surface area contributed by atoms with E-state index in [0.29, 0.717) is 0 Å². The molecule has 1 heterocycles. The predicted octanol–water partition coefficient (Wildman–Crippen LogP) is 0.491. The minimum absolute atomic E-state index is 0. The number of hydrogen-bond donors (Lipinski definition) is 1. The molecular formula is C5H7NO2S. The van der Waals surface area contributed by atoms with Gasteiger partial charge in [0.15, 0.2) is 5.76 Å².